The zero-order chi connectivity index (χ0) is 20.4. The molecule has 0 aromatic carbocycles. The minimum atomic E-state index is -0.789. The van der Waals surface area contributed by atoms with E-state index in [1.165, 1.54) is 0 Å². The Morgan fingerprint density at radius 1 is 0.821 bits per heavy atom. The quantitative estimate of drug-likeness (QED) is 0.303. The van der Waals surface area contributed by atoms with Crippen LogP contribution in [0.3, 0.4) is 0 Å². The average Bonchev–Trinajstić information content (AvgIpc) is 2.68. The van der Waals surface area contributed by atoms with Crippen molar-refractivity contribution in [3.8, 4) is 0 Å². The van der Waals surface area contributed by atoms with Gasteiger partial charge >= 0.3 is 0 Å². The summed E-state index contributed by atoms with van der Waals surface area (Å²) in [7, 11) is 0. The fraction of sp³-hybridized carbons (Fsp3) is 0.889. The van der Waals surface area contributed by atoms with Gasteiger partial charge < -0.3 is 31.5 Å². The van der Waals surface area contributed by atoms with Gasteiger partial charge in [0.1, 0.15) is 12.1 Å². The van der Waals surface area contributed by atoms with Crippen molar-refractivity contribution in [1.29, 1.82) is 0 Å². The maximum atomic E-state index is 13.1. The molecule has 6 unspecified atom stereocenters. The smallest absolute Gasteiger partial charge is 0.245 e. The summed E-state index contributed by atoms with van der Waals surface area (Å²) in [6.45, 7) is 0.821. The van der Waals surface area contributed by atoms with Crippen LogP contribution in [-0.2, 0) is 9.59 Å². The van der Waals surface area contributed by atoms with E-state index in [0.717, 1.165) is 0 Å². The fourth-order valence-electron chi connectivity index (χ4n) is 4.81. The van der Waals surface area contributed by atoms with Gasteiger partial charge in [-0.15, -0.1) is 23.2 Å². The molecule has 0 radical (unpaired) electrons. The van der Waals surface area contributed by atoms with Crippen molar-refractivity contribution in [2.75, 3.05) is 26.3 Å². The van der Waals surface area contributed by atoms with E-state index in [0.29, 0.717) is 51.6 Å². The predicted molar refractivity (Wildman–Crippen MR) is 106 cm³/mol. The standard InChI is InChI=1S/C18H30Cl2N4O4/c19-11-1-3-17(5-7-25,21-9-11)13-15(27)24-14(16(28)23-13)18(6-8-26)4-2-12(20)10-22-18/h11-14,21-22,25-26H,1-10H2,(H,23,28)(H,24,27). The molecule has 0 bridgehead atoms. The molecule has 0 aliphatic carbocycles. The Hall–Kier alpha value is -0.640. The Morgan fingerprint density at radius 3 is 1.50 bits per heavy atom. The van der Waals surface area contributed by atoms with Crippen LogP contribution in [0.15, 0.2) is 0 Å². The summed E-state index contributed by atoms with van der Waals surface area (Å²) in [6.07, 6.45) is 3.24. The van der Waals surface area contributed by atoms with E-state index in [1.54, 1.807) is 0 Å². The highest BCUT2D eigenvalue weighted by atomic mass is 35.5. The summed E-state index contributed by atoms with van der Waals surface area (Å²) in [5.41, 5.74) is -1.45. The molecule has 10 heteroatoms. The molecule has 160 valence electrons. The molecule has 8 nitrogen and oxygen atoms in total. The Kier molecular flexibility index (Phi) is 7.10. The van der Waals surface area contributed by atoms with Crippen LogP contribution < -0.4 is 21.3 Å². The van der Waals surface area contributed by atoms with Crippen LogP contribution in [0, 0.1) is 0 Å². The summed E-state index contributed by atoms with van der Waals surface area (Å²) < 4.78 is 0. The topological polar surface area (TPSA) is 123 Å². The number of rotatable bonds is 6. The minimum Gasteiger partial charge on any atom is -0.396 e. The lowest BCUT2D eigenvalue weighted by Gasteiger charge is -2.51. The lowest BCUT2D eigenvalue weighted by Crippen LogP contribution is -2.78. The van der Waals surface area contributed by atoms with E-state index in [1.807, 2.05) is 0 Å². The van der Waals surface area contributed by atoms with Crippen LogP contribution in [-0.4, -0.2) is 82.2 Å². The van der Waals surface area contributed by atoms with E-state index < -0.39 is 23.2 Å². The van der Waals surface area contributed by atoms with Gasteiger partial charge in [0.05, 0.1) is 0 Å². The third-order valence-corrected chi connectivity index (χ3v) is 7.22. The van der Waals surface area contributed by atoms with Gasteiger partial charge in [0.15, 0.2) is 0 Å². The highest BCUT2D eigenvalue weighted by Gasteiger charge is 2.53. The number of aliphatic hydroxyl groups excluding tert-OH is 2. The summed E-state index contributed by atoms with van der Waals surface area (Å²) in [5, 5.41) is 31.4. The van der Waals surface area contributed by atoms with Crippen LogP contribution in [0.1, 0.15) is 38.5 Å². The second kappa shape index (κ2) is 9.02. The lowest BCUT2D eigenvalue weighted by atomic mass is 9.74. The number of carbonyl (C=O) groups excluding carboxylic acids is 2. The molecular formula is C18H30Cl2N4O4. The average molecular weight is 437 g/mol. The normalized spacial score (nSPS) is 42.0. The molecule has 0 aromatic rings. The van der Waals surface area contributed by atoms with Crippen molar-refractivity contribution in [2.24, 2.45) is 0 Å². The van der Waals surface area contributed by atoms with Crippen molar-refractivity contribution in [3.63, 3.8) is 0 Å². The van der Waals surface area contributed by atoms with Gasteiger partial charge in [0, 0.05) is 48.1 Å². The number of piperidine rings is 2. The first kappa shape index (κ1) is 22.1. The third-order valence-electron chi connectivity index (χ3n) is 6.48. The fourth-order valence-corrected chi connectivity index (χ4v) is 5.18. The molecule has 3 aliphatic heterocycles. The van der Waals surface area contributed by atoms with Gasteiger partial charge in [-0.1, -0.05) is 0 Å². The number of piperazine rings is 1. The molecule has 0 spiro atoms. The number of nitrogens with one attached hydrogen (secondary N) is 4. The number of hydrogen-bond donors (Lipinski definition) is 6. The Morgan fingerprint density at radius 2 is 1.21 bits per heavy atom. The van der Waals surface area contributed by atoms with Crippen LogP contribution >= 0.6 is 23.2 Å². The zero-order valence-electron chi connectivity index (χ0n) is 15.8. The maximum absolute atomic E-state index is 13.1. The number of aliphatic hydroxyl groups is 2. The number of alkyl halides is 2. The Bertz CT molecular complexity index is 528. The second-order valence-corrected chi connectivity index (χ2v) is 9.41. The SMILES string of the molecule is O=C1NC(C2(CCO)CCC(Cl)CN2)C(=O)NC1C1(CCO)CCC(Cl)CN1. The summed E-state index contributed by atoms with van der Waals surface area (Å²) in [6, 6.07) is -1.58. The van der Waals surface area contributed by atoms with E-state index >= 15 is 0 Å². The van der Waals surface area contributed by atoms with Gasteiger partial charge in [-0.2, -0.15) is 0 Å². The van der Waals surface area contributed by atoms with Gasteiger partial charge in [0.25, 0.3) is 0 Å². The first-order chi connectivity index (χ1) is 13.4. The Labute approximate surface area is 175 Å². The molecule has 6 N–H and O–H groups in total. The van der Waals surface area contributed by atoms with Gasteiger partial charge in [-0.3, -0.25) is 9.59 Å². The predicted octanol–water partition coefficient (Wildman–Crippen LogP) is -0.806. The Balaban J connectivity index is 1.79. The lowest BCUT2D eigenvalue weighted by molar-refractivity contribution is -0.142. The molecule has 0 aromatic heterocycles. The first-order valence-corrected chi connectivity index (χ1v) is 10.8. The minimum absolute atomic E-state index is 0.0373. The zero-order valence-corrected chi connectivity index (χ0v) is 17.4. The molecule has 3 fully saturated rings. The number of carbonyl (C=O) groups is 2. The molecule has 3 heterocycles. The molecule has 0 saturated carbocycles. The molecule has 3 aliphatic rings. The number of halogens is 2. The van der Waals surface area contributed by atoms with Gasteiger partial charge in [-0.25, -0.2) is 0 Å². The van der Waals surface area contributed by atoms with Crippen molar-refractivity contribution in [2.45, 2.75) is 72.4 Å². The number of amides is 2. The second-order valence-electron chi connectivity index (χ2n) is 8.18. The summed E-state index contributed by atoms with van der Waals surface area (Å²) >= 11 is 12.4. The van der Waals surface area contributed by atoms with Gasteiger partial charge in [0.2, 0.25) is 11.8 Å². The van der Waals surface area contributed by atoms with Crippen LogP contribution in [0.2, 0.25) is 0 Å². The van der Waals surface area contributed by atoms with Crippen LogP contribution in [0.4, 0.5) is 0 Å². The largest absolute Gasteiger partial charge is 0.396 e. The van der Waals surface area contributed by atoms with E-state index in [9.17, 15) is 19.8 Å². The molecule has 6 atom stereocenters. The molecule has 28 heavy (non-hydrogen) atoms. The third kappa shape index (κ3) is 4.27. The van der Waals surface area contributed by atoms with Crippen LogP contribution in [0.5, 0.6) is 0 Å². The van der Waals surface area contributed by atoms with E-state index in [-0.39, 0.29) is 35.8 Å². The van der Waals surface area contributed by atoms with E-state index in [2.05, 4.69) is 21.3 Å². The highest BCUT2D eigenvalue weighted by molar-refractivity contribution is 6.21. The van der Waals surface area contributed by atoms with Crippen LogP contribution in [0.25, 0.3) is 0 Å². The first-order valence-electron chi connectivity index (χ1n) is 9.96. The number of hydrogen-bond acceptors (Lipinski definition) is 6. The van der Waals surface area contributed by atoms with E-state index in [4.69, 9.17) is 23.2 Å². The monoisotopic (exact) mass is 436 g/mol. The molecule has 2 amide bonds. The summed E-state index contributed by atoms with van der Waals surface area (Å²) in [4.78, 5) is 26.1. The highest BCUT2D eigenvalue weighted by Crippen LogP contribution is 2.33. The molecular weight excluding hydrogens is 407 g/mol. The van der Waals surface area contributed by atoms with Crippen molar-refractivity contribution in [3.05, 3.63) is 0 Å². The maximum Gasteiger partial charge on any atom is 0.245 e. The molecule has 3 rings (SSSR count). The van der Waals surface area contributed by atoms with Gasteiger partial charge in [-0.05, 0) is 38.5 Å². The van der Waals surface area contributed by atoms with Crippen molar-refractivity contribution in [1.82, 2.24) is 21.3 Å². The molecule has 3 saturated heterocycles. The van der Waals surface area contributed by atoms with Crippen molar-refractivity contribution >= 4 is 35.0 Å². The summed E-state index contributed by atoms with van der Waals surface area (Å²) in [5.74, 6) is -0.573. The van der Waals surface area contributed by atoms with Crippen molar-refractivity contribution < 1.29 is 19.8 Å².